The highest BCUT2D eigenvalue weighted by molar-refractivity contribution is 6.01. The van der Waals surface area contributed by atoms with Gasteiger partial charge in [-0.3, -0.25) is 0 Å². The second-order valence-electron chi connectivity index (χ2n) is 3.90. The maximum atomic E-state index is 12.8. The van der Waals surface area contributed by atoms with Gasteiger partial charge in [0.25, 0.3) is 0 Å². The van der Waals surface area contributed by atoms with Crippen LogP contribution in [0.25, 0.3) is 0 Å². The van der Waals surface area contributed by atoms with E-state index in [1.165, 1.54) is 12.1 Å². The number of rotatable bonds is 2. The summed E-state index contributed by atoms with van der Waals surface area (Å²) in [5, 5.41) is 4.03. The number of hydrogen-bond donors (Lipinski definition) is 0. The average molecular weight is 231 g/mol. The molecule has 0 saturated heterocycles. The fourth-order valence-corrected chi connectivity index (χ4v) is 1.83. The van der Waals surface area contributed by atoms with E-state index >= 15 is 0 Å². The summed E-state index contributed by atoms with van der Waals surface area (Å²) >= 11 is 0. The predicted molar refractivity (Wildman–Crippen MR) is 60.1 cm³/mol. The molecule has 2 heterocycles. The van der Waals surface area contributed by atoms with Gasteiger partial charge in [0.15, 0.2) is 6.10 Å². The molecule has 1 aromatic heterocycles. The molecule has 0 saturated carbocycles. The van der Waals surface area contributed by atoms with Crippen molar-refractivity contribution in [3.05, 3.63) is 59.8 Å². The van der Waals surface area contributed by atoms with Crippen LogP contribution in [0.4, 0.5) is 4.39 Å². The van der Waals surface area contributed by atoms with Crippen LogP contribution in [0.3, 0.4) is 0 Å². The average Bonchev–Trinajstić information content (AvgIpc) is 3.00. The molecule has 3 nitrogen and oxygen atoms in total. The lowest BCUT2D eigenvalue weighted by Gasteiger charge is -2.03. The van der Waals surface area contributed by atoms with Crippen LogP contribution in [0.15, 0.2) is 52.4 Å². The van der Waals surface area contributed by atoms with Gasteiger partial charge in [0.1, 0.15) is 5.82 Å². The summed E-state index contributed by atoms with van der Waals surface area (Å²) in [5.41, 5.74) is 2.68. The summed E-state index contributed by atoms with van der Waals surface area (Å²) in [4.78, 5) is 5.33. The molecule has 1 aliphatic heterocycles. The summed E-state index contributed by atoms with van der Waals surface area (Å²) in [7, 11) is 0. The standard InChI is InChI=1S/C13H10FNO2/c14-11-3-1-9(2-4-11)12-7-13(17-15-12)10-5-6-16-8-10/h1-6,8,13H,7H2. The van der Waals surface area contributed by atoms with E-state index in [2.05, 4.69) is 5.16 Å². The van der Waals surface area contributed by atoms with Gasteiger partial charge in [0.2, 0.25) is 0 Å². The zero-order chi connectivity index (χ0) is 11.7. The van der Waals surface area contributed by atoms with Crippen LogP contribution < -0.4 is 0 Å². The highest BCUT2D eigenvalue weighted by Crippen LogP contribution is 2.29. The summed E-state index contributed by atoms with van der Waals surface area (Å²) in [5.74, 6) is -0.250. The second kappa shape index (κ2) is 4.05. The second-order valence-corrected chi connectivity index (χ2v) is 3.90. The van der Waals surface area contributed by atoms with Crippen molar-refractivity contribution in [1.82, 2.24) is 0 Å². The van der Waals surface area contributed by atoms with Crippen molar-refractivity contribution < 1.29 is 13.6 Å². The topological polar surface area (TPSA) is 34.7 Å². The van der Waals surface area contributed by atoms with Crippen molar-refractivity contribution in [2.24, 2.45) is 5.16 Å². The number of halogens is 1. The van der Waals surface area contributed by atoms with E-state index in [1.54, 1.807) is 24.7 Å². The van der Waals surface area contributed by atoms with Crippen LogP contribution in [0.5, 0.6) is 0 Å². The smallest absolute Gasteiger partial charge is 0.161 e. The normalized spacial score (nSPS) is 18.9. The quantitative estimate of drug-likeness (QED) is 0.794. The molecule has 0 bridgehead atoms. The van der Waals surface area contributed by atoms with E-state index in [0.717, 1.165) is 16.8 Å². The lowest BCUT2D eigenvalue weighted by molar-refractivity contribution is 0.0853. The first-order valence-corrected chi connectivity index (χ1v) is 5.33. The Morgan fingerprint density at radius 1 is 1.18 bits per heavy atom. The van der Waals surface area contributed by atoms with E-state index in [9.17, 15) is 4.39 Å². The van der Waals surface area contributed by atoms with Crippen LogP contribution in [0.1, 0.15) is 23.7 Å². The minimum Gasteiger partial charge on any atom is -0.472 e. The molecule has 0 aliphatic carbocycles. The van der Waals surface area contributed by atoms with Gasteiger partial charge in [0, 0.05) is 12.0 Å². The molecular weight excluding hydrogens is 221 g/mol. The summed E-state index contributed by atoms with van der Waals surface area (Å²) in [6.45, 7) is 0. The molecule has 1 aliphatic rings. The zero-order valence-electron chi connectivity index (χ0n) is 8.97. The lowest BCUT2D eigenvalue weighted by Crippen LogP contribution is -2.00. The number of hydrogen-bond acceptors (Lipinski definition) is 3. The van der Waals surface area contributed by atoms with E-state index in [4.69, 9.17) is 9.25 Å². The van der Waals surface area contributed by atoms with Gasteiger partial charge in [-0.1, -0.05) is 17.3 Å². The first-order chi connectivity index (χ1) is 8.33. The first kappa shape index (κ1) is 10.1. The van der Waals surface area contributed by atoms with E-state index < -0.39 is 0 Å². The van der Waals surface area contributed by atoms with Gasteiger partial charge in [0.05, 0.1) is 18.2 Å². The fraction of sp³-hybridized carbons (Fsp3) is 0.154. The molecule has 0 spiro atoms. The summed E-state index contributed by atoms with van der Waals surface area (Å²) in [6, 6.07) is 8.10. The van der Waals surface area contributed by atoms with Crippen molar-refractivity contribution in [2.75, 3.05) is 0 Å². The minimum absolute atomic E-state index is 0.103. The van der Waals surface area contributed by atoms with Crippen LogP contribution in [-0.4, -0.2) is 5.71 Å². The molecule has 0 N–H and O–H groups in total. The molecule has 1 aromatic carbocycles. The number of oxime groups is 1. The Kier molecular flexibility index (Phi) is 2.40. The number of benzene rings is 1. The van der Waals surface area contributed by atoms with Gasteiger partial charge in [-0.2, -0.15) is 0 Å². The Labute approximate surface area is 97.5 Å². The molecule has 2 aromatic rings. The van der Waals surface area contributed by atoms with E-state index in [-0.39, 0.29) is 11.9 Å². The Morgan fingerprint density at radius 2 is 2.00 bits per heavy atom. The van der Waals surface area contributed by atoms with Gasteiger partial charge in [-0.15, -0.1) is 0 Å². The molecule has 4 heteroatoms. The lowest BCUT2D eigenvalue weighted by atomic mass is 10.0. The predicted octanol–water partition coefficient (Wildman–Crippen LogP) is 3.28. The Balaban J connectivity index is 1.77. The molecule has 17 heavy (non-hydrogen) atoms. The van der Waals surface area contributed by atoms with E-state index in [1.807, 2.05) is 6.07 Å². The molecule has 0 amide bonds. The van der Waals surface area contributed by atoms with Crippen LogP contribution in [-0.2, 0) is 4.84 Å². The highest BCUT2D eigenvalue weighted by Gasteiger charge is 2.24. The molecule has 86 valence electrons. The van der Waals surface area contributed by atoms with Crippen LogP contribution in [0.2, 0.25) is 0 Å². The molecule has 1 unspecified atom stereocenters. The Hall–Kier alpha value is -2.10. The van der Waals surface area contributed by atoms with Gasteiger partial charge in [-0.05, 0) is 23.8 Å². The molecule has 1 atom stereocenters. The third kappa shape index (κ3) is 1.93. The number of nitrogens with zero attached hydrogens (tertiary/aromatic N) is 1. The Bertz CT molecular complexity index is 531. The summed E-state index contributed by atoms with van der Waals surface area (Å²) < 4.78 is 17.8. The van der Waals surface area contributed by atoms with Gasteiger partial charge in [-0.25, -0.2) is 4.39 Å². The van der Waals surface area contributed by atoms with Crippen LogP contribution in [0, 0.1) is 5.82 Å². The largest absolute Gasteiger partial charge is 0.472 e. The third-order valence-corrected chi connectivity index (χ3v) is 2.76. The molecular formula is C13H10FNO2. The molecule has 0 fully saturated rings. The molecule has 3 rings (SSSR count). The third-order valence-electron chi connectivity index (χ3n) is 2.76. The number of furan rings is 1. The van der Waals surface area contributed by atoms with Crippen molar-refractivity contribution in [1.29, 1.82) is 0 Å². The first-order valence-electron chi connectivity index (χ1n) is 5.33. The van der Waals surface area contributed by atoms with Crippen molar-refractivity contribution in [2.45, 2.75) is 12.5 Å². The zero-order valence-corrected chi connectivity index (χ0v) is 8.97. The maximum absolute atomic E-state index is 12.8. The Morgan fingerprint density at radius 3 is 2.71 bits per heavy atom. The van der Waals surface area contributed by atoms with E-state index in [0.29, 0.717) is 6.42 Å². The van der Waals surface area contributed by atoms with Crippen molar-refractivity contribution in [3.8, 4) is 0 Å². The monoisotopic (exact) mass is 231 g/mol. The molecule has 0 radical (unpaired) electrons. The van der Waals surface area contributed by atoms with Gasteiger partial charge >= 0.3 is 0 Å². The minimum atomic E-state index is -0.250. The highest BCUT2D eigenvalue weighted by atomic mass is 19.1. The fourth-order valence-electron chi connectivity index (χ4n) is 1.83. The summed E-state index contributed by atoms with van der Waals surface area (Å²) in [6.07, 6.45) is 3.82. The SMILES string of the molecule is Fc1ccc(C2=NOC(c3ccoc3)C2)cc1. The van der Waals surface area contributed by atoms with Crippen molar-refractivity contribution >= 4 is 5.71 Å². The van der Waals surface area contributed by atoms with Crippen molar-refractivity contribution in [3.63, 3.8) is 0 Å². The maximum Gasteiger partial charge on any atom is 0.161 e. The van der Waals surface area contributed by atoms with Gasteiger partial charge < -0.3 is 9.25 Å². The van der Waals surface area contributed by atoms with Crippen LogP contribution >= 0.6 is 0 Å².